The van der Waals surface area contributed by atoms with E-state index in [0.29, 0.717) is 22.5 Å². The predicted molar refractivity (Wildman–Crippen MR) is 73.2 cm³/mol. The summed E-state index contributed by atoms with van der Waals surface area (Å²) in [7, 11) is 0. The second kappa shape index (κ2) is 5.50. The number of rotatable bonds is 3. The zero-order chi connectivity index (χ0) is 13.1. The topological polar surface area (TPSA) is 35.2 Å². The first kappa shape index (κ1) is 13.1. The zero-order valence-corrected chi connectivity index (χ0v) is 11.5. The van der Waals surface area contributed by atoms with Crippen molar-refractivity contribution in [3.05, 3.63) is 57.8 Å². The Morgan fingerprint density at radius 2 is 2.06 bits per heavy atom. The van der Waals surface area contributed by atoms with Crippen LogP contribution in [0.5, 0.6) is 11.5 Å². The van der Waals surface area contributed by atoms with Gasteiger partial charge >= 0.3 is 0 Å². The van der Waals surface area contributed by atoms with Gasteiger partial charge in [0.05, 0.1) is 4.47 Å². The molecule has 0 aromatic heterocycles. The van der Waals surface area contributed by atoms with Crippen LogP contribution in [0.2, 0.25) is 0 Å². The molecular weight excluding hydrogens is 297 g/mol. The van der Waals surface area contributed by atoms with Gasteiger partial charge in [-0.15, -0.1) is 0 Å². The summed E-state index contributed by atoms with van der Waals surface area (Å²) in [5, 5.41) is 0. The van der Waals surface area contributed by atoms with Crippen molar-refractivity contribution >= 4 is 15.9 Å². The van der Waals surface area contributed by atoms with Gasteiger partial charge in [0.15, 0.2) is 0 Å². The van der Waals surface area contributed by atoms with Gasteiger partial charge in [-0.25, -0.2) is 4.39 Å². The Bertz CT molecular complexity index is 572. The van der Waals surface area contributed by atoms with Crippen molar-refractivity contribution in [1.29, 1.82) is 0 Å². The lowest BCUT2D eigenvalue weighted by atomic mass is 10.1. The maximum atomic E-state index is 13.2. The van der Waals surface area contributed by atoms with Crippen molar-refractivity contribution in [2.45, 2.75) is 13.5 Å². The third-order valence-electron chi connectivity index (χ3n) is 2.62. The van der Waals surface area contributed by atoms with E-state index in [1.54, 1.807) is 6.07 Å². The highest BCUT2D eigenvalue weighted by Gasteiger charge is 2.10. The number of halogens is 2. The van der Waals surface area contributed by atoms with Crippen LogP contribution in [0, 0.1) is 12.7 Å². The molecule has 0 fully saturated rings. The quantitative estimate of drug-likeness (QED) is 0.924. The standard InChI is InChI=1S/C14H13BrFNO/c1-9-3-2-4-10(8-17)14(9)18-13-7-11(16)5-6-12(13)15/h2-7H,8,17H2,1H3. The Labute approximate surface area is 114 Å². The number of benzene rings is 2. The molecule has 0 heterocycles. The van der Waals surface area contributed by atoms with Crippen LogP contribution in [-0.4, -0.2) is 0 Å². The third kappa shape index (κ3) is 2.71. The zero-order valence-electron chi connectivity index (χ0n) is 9.91. The second-order valence-corrected chi connectivity index (χ2v) is 4.80. The maximum absolute atomic E-state index is 13.2. The molecule has 94 valence electrons. The highest BCUT2D eigenvalue weighted by molar-refractivity contribution is 9.10. The molecule has 2 N–H and O–H groups in total. The summed E-state index contributed by atoms with van der Waals surface area (Å²) < 4.78 is 19.7. The summed E-state index contributed by atoms with van der Waals surface area (Å²) in [6.45, 7) is 2.31. The van der Waals surface area contributed by atoms with Gasteiger partial charge in [-0.1, -0.05) is 18.2 Å². The molecule has 2 rings (SSSR count). The largest absolute Gasteiger partial charge is 0.455 e. The molecule has 0 atom stereocenters. The lowest BCUT2D eigenvalue weighted by Gasteiger charge is -2.13. The van der Waals surface area contributed by atoms with Gasteiger partial charge in [0, 0.05) is 18.2 Å². The van der Waals surface area contributed by atoms with Gasteiger partial charge in [0.25, 0.3) is 0 Å². The fourth-order valence-electron chi connectivity index (χ4n) is 1.69. The monoisotopic (exact) mass is 309 g/mol. The smallest absolute Gasteiger partial charge is 0.144 e. The normalized spacial score (nSPS) is 10.4. The Kier molecular flexibility index (Phi) is 3.99. The first-order valence-electron chi connectivity index (χ1n) is 5.53. The minimum Gasteiger partial charge on any atom is -0.455 e. The molecule has 0 amide bonds. The van der Waals surface area contributed by atoms with Crippen LogP contribution in [0.1, 0.15) is 11.1 Å². The Balaban J connectivity index is 2.42. The average molecular weight is 310 g/mol. The summed E-state index contributed by atoms with van der Waals surface area (Å²) >= 11 is 3.34. The molecule has 0 aliphatic heterocycles. The summed E-state index contributed by atoms with van der Waals surface area (Å²) in [6, 6.07) is 10.1. The maximum Gasteiger partial charge on any atom is 0.144 e. The van der Waals surface area contributed by atoms with E-state index in [0.717, 1.165) is 11.1 Å². The highest BCUT2D eigenvalue weighted by atomic mass is 79.9. The number of aryl methyl sites for hydroxylation is 1. The molecule has 0 saturated carbocycles. The number of ether oxygens (including phenoxy) is 1. The molecule has 18 heavy (non-hydrogen) atoms. The van der Waals surface area contributed by atoms with E-state index in [2.05, 4.69) is 15.9 Å². The summed E-state index contributed by atoms with van der Waals surface area (Å²) in [6.07, 6.45) is 0. The van der Waals surface area contributed by atoms with Gasteiger partial charge in [0.1, 0.15) is 17.3 Å². The molecule has 0 aliphatic carbocycles. The van der Waals surface area contributed by atoms with Crippen LogP contribution in [0.4, 0.5) is 4.39 Å². The molecule has 0 radical (unpaired) electrons. The first-order valence-corrected chi connectivity index (χ1v) is 6.32. The summed E-state index contributed by atoms with van der Waals surface area (Å²) in [4.78, 5) is 0. The molecule has 0 spiro atoms. The van der Waals surface area contributed by atoms with Gasteiger partial charge in [-0.05, 0) is 40.5 Å². The van der Waals surface area contributed by atoms with Gasteiger partial charge in [-0.3, -0.25) is 0 Å². The van der Waals surface area contributed by atoms with Gasteiger partial charge in [0.2, 0.25) is 0 Å². The van der Waals surface area contributed by atoms with E-state index >= 15 is 0 Å². The molecule has 0 saturated heterocycles. The van der Waals surface area contributed by atoms with Crippen molar-refractivity contribution < 1.29 is 9.13 Å². The molecule has 2 aromatic rings. The lowest BCUT2D eigenvalue weighted by Crippen LogP contribution is -2.01. The van der Waals surface area contributed by atoms with Gasteiger partial charge < -0.3 is 10.5 Å². The van der Waals surface area contributed by atoms with Crippen LogP contribution >= 0.6 is 15.9 Å². The predicted octanol–water partition coefficient (Wildman–Crippen LogP) is 4.15. The van der Waals surface area contributed by atoms with E-state index in [9.17, 15) is 4.39 Å². The number of nitrogens with two attached hydrogens (primary N) is 1. The SMILES string of the molecule is Cc1cccc(CN)c1Oc1cc(F)ccc1Br. The van der Waals surface area contributed by atoms with E-state index in [-0.39, 0.29) is 5.82 Å². The van der Waals surface area contributed by atoms with Crippen molar-refractivity contribution in [3.8, 4) is 11.5 Å². The van der Waals surface area contributed by atoms with Crippen LogP contribution < -0.4 is 10.5 Å². The Morgan fingerprint density at radius 3 is 2.78 bits per heavy atom. The summed E-state index contributed by atoms with van der Waals surface area (Å²) in [5.74, 6) is 0.793. The van der Waals surface area contributed by atoms with E-state index < -0.39 is 0 Å². The molecule has 2 aromatic carbocycles. The molecule has 0 bridgehead atoms. The van der Waals surface area contributed by atoms with Crippen molar-refractivity contribution in [1.82, 2.24) is 0 Å². The minimum atomic E-state index is -0.337. The molecule has 2 nitrogen and oxygen atoms in total. The van der Waals surface area contributed by atoms with Crippen molar-refractivity contribution in [2.75, 3.05) is 0 Å². The highest BCUT2D eigenvalue weighted by Crippen LogP contribution is 2.33. The van der Waals surface area contributed by atoms with Gasteiger partial charge in [-0.2, -0.15) is 0 Å². The van der Waals surface area contributed by atoms with Crippen LogP contribution in [0.25, 0.3) is 0 Å². The van der Waals surface area contributed by atoms with E-state index in [1.165, 1.54) is 12.1 Å². The van der Waals surface area contributed by atoms with Crippen LogP contribution in [0.3, 0.4) is 0 Å². The molecule has 0 aliphatic rings. The van der Waals surface area contributed by atoms with E-state index in [1.807, 2.05) is 25.1 Å². The van der Waals surface area contributed by atoms with E-state index in [4.69, 9.17) is 10.5 Å². The molecule has 0 unspecified atom stereocenters. The second-order valence-electron chi connectivity index (χ2n) is 3.94. The van der Waals surface area contributed by atoms with Crippen LogP contribution in [-0.2, 0) is 6.54 Å². The number of para-hydroxylation sites is 1. The van der Waals surface area contributed by atoms with Crippen molar-refractivity contribution in [2.24, 2.45) is 5.73 Å². The minimum absolute atomic E-state index is 0.337. The average Bonchev–Trinajstić information content (AvgIpc) is 2.36. The van der Waals surface area contributed by atoms with Crippen LogP contribution in [0.15, 0.2) is 40.9 Å². The molecular formula is C14H13BrFNO. The fourth-order valence-corrected chi connectivity index (χ4v) is 2.01. The summed E-state index contributed by atoms with van der Waals surface area (Å²) in [5.41, 5.74) is 7.54. The lowest BCUT2D eigenvalue weighted by molar-refractivity contribution is 0.464. The van der Waals surface area contributed by atoms with Crippen molar-refractivity contribution in [3.63, 3.8) is 0 Å². The fraction of sp³-hybridized carbons (Fsp3) is 0.143. The Hall–Kier alpha value is -1.39. The third-order valence-corrected chi connectivity index (χ3v) is 3.27. The number of hydrogen-bond acceptors (Lipinski definition) is 2. The Morgan fingerprint density at radius 1 is 1.28 bits per heavy atom. The first-order chi connectivity index (χ1) is 8.61. The molecule has 4 heteroatoms. The number of hydrogen-bond donors (Lipinski definition) is 1.